The fourth-order valence-corrected chi connectivity index (χ4v) is 4.15. The first-order valence-electron chi connectivity index (χ1n) is 10.9. The Morgan fingerprint density at radius 3 is 2.48 bits per heavy atom. The molecule has 9 heteroatoms. The van der Waals surface area contributed by atoms with Gasteiger partial charge in [-0.15, -0.1) is 0 Å². The maximum Gasteiger partial charge on any atom is 0.261 e. The van der Waals surface area contributed by atoms with Gasteiger partial charge < -0.3 is 19.7 Å². The van der Waals surface area contributed by atoms with E-state index in [1.165, 1.54) is 0 Å². The molecule has 1 aliphatic rings. The van der Waals surface area contributed by atoms with Crippen molar-refractivity contribution in [3.8, 4) is 5.75 Å². The average molecular weight is 534 g/mol. The highest BCUT2D eigenvalue weighted by Gasteiger charge is 2.21. The third-order valence-electron chi connectivity index (χ3n) is 5.26. The van der Waals surface area contributed by atoms with Crippen molar-refractivity contribution in [2.24, 2.45) is 0 Å². The van der Waals surface area contributed by atoms with Gasteiger partial charge in [0.25, 0.3) is 11.8 Å². The van der Waals surface area contributed by atoms with Gasteiger partial charge in [-0.05, 0) is 55.4 Å². The smallest absolute Gasteiger partial charge is 0.261 e. The highest BCUT2D eigenvalue weighted by atomic mass is 79.9. The van der Waals surface area contributed by atoms with Gasteiger partial charge in [-0.25, -0.2) is 0 Å². The van der Waals surface area contributed by atoms with Crippen LogP contribution in [0.15, 0.2) is 46.9 Å². The Morgan fingerprint density at radius 2 is 1.76 bits per heavy atom. The molecule has 0 bridgehead atoms. The molecule has 1 fully saturated rings. The molecule has 2 aromatic carbocycles. The fraction of sp³-hybridized carbons (Fsp3) is 0.375. The number of benzene rings is 2. The fourth-order valence-electron chi connectivity index (χ4n) is 3.59. The number of para-hydroxylation sites is 1. The molecule has 176 valence electrons. The summed E-state index contributed by atoms with van der Waals surface area (Å²) >= 11 is 8.76. The summed E-state index contributed by atoms with van der Waals surface area (Å²) in [6.45, 7) is 2.22. The molecule has 33 heavy (non-hydrogen) atoms. The number of nitrogens with zero attached hydrogens (tertiary/aromatic N) is 1. The summed E-state index contributed by atoms with van der Waals surface area (Å²) < 4.78 is 11.4. The van der Waals surface area contributed by atoms with Crippen molar-refractivity contribution in [1.29, 1.82) is 0 Å². The van der Waals surface area contributed by atoms with Gasteiger partial charge >= 0.3 is 0 Å². The number of hydrogen-bond donors (Lipinski definition) is 2. The van der Waals surface area contributed by atoms with E-state index in [4.69, 9.17) is 21.7 Å². The van der Waals surface area contributed by atoms with E-state index < -0.39 is 5.91 Å². The van der Waals surface area contributed by atoms with Crippen LogP contribution in [0.3, 0.4) is 0 Å². The minimum Gasteiger partial charge on any atom is -0.490 e. The Balaban J connectivity index is 1.70. The molecule has 1 aliphatic heterocycles. The van der Waals surface area contributed by atoms with Crippen molar-refractivity contribution >= 4 is 50.8 Å². The SMILES string of the molecule is COCCOc1ccc(Br)cc1C(=O)NC(=S)Nc1ccccc1C(=O)N1CCCCCC1. The van der Waals surface area contributed by atoms with Crippen LogP contribution in [0.2, 0.25) is 0 Å². The third-order valence-corrected chi connectivity index (χ3v) is 5.95. The van der Waals surface area contributed by atoms with E-state index in [9.17, 15) is 9.59 Å². The molecule has 7 nitrogen and oxygen atoms in total. The standard InChI is InChI=1S/C24H28BrN3O4S/c1-31-14-15-32-21-11-10-17(25)16-19(21)22(29)27-24(33)26-20-9-5-4-8-18(20)23(30)28-12-6-2-3-7-13-28/h4-5,8-11,16H,2-3,6-7,12-15H2,1H3,(H2,26,27,29,33). The maximum atomic E-state index is 13.1. The van der Waals surface area contributed by atoms with E-state index in [-0.39, 0.29) is 11.0 Å². The Bertz CT molecular complexity index is 993. The second-order valence-corrected chi connectivity index (χ2v) is 8.97. The molecule has 0 spiro atoms. The first-order valence-corrected chi connectivity index (χ1v) is 12.1. The molecule has 0 atom stereocenters. The van der Waals surface area contributed by atoms with Crippen LogP contribution in [-0.4, -0.2) is 55.2 Å². The molecule has 1 heterocycles. The van der Waals surface area contributed by atoms with Gasteiger partial charge in [0.15, 0.2) is 5.11 Å². The van der Waals surface area contributed by atoms with E-state index in [1.807, 2.05) is 17.0 Å². The van der Waals surface area contributed by atoms with Crippen LogP contribution in [-0.2, 0) is 4.74 Å². The van der Waals surface area contributed by atoms with Gasteiger partial charge in [-0.3, -0.25) is 14.9 Å². The van der Waals surface area contributed by atoms with Crippen LogP contribution in [0.1, 0.15) is 46.4 Å². The molecule has 0 saturated carbocycles. The van der Waals surface area contributed by atoms with Gasteiger partial charge in [0.2, 0.25) is 0 Å². The third kappa shape index (κ3) is 7.25. The lowest BCUT2D eigenvalue weighted by Crippen LogP contribution is -2.36. The van der Waals surface area contributed by atoms with Crippen molar-refractivity contribution in [2.45, 2.75) is 25.7 Å². The highest BCUT2D eigenvalue weighted by molar-refractivity contribution is 9.10. The van der Waals surface area contributed by atoms with Gasteiger partial charge in [0.1, 0.15) is 12.4 Å². The molecule has 0 radical (unpaired) electrons. The van der Waals surface area contributed by atoms with Crippen LogP contribution in [0, 0.1) is 0 Å². The van der Waals surface area contributed by atoms with E-state index >= 15 is 0 Å². The first kappa shape index (κ1) is 25.1. The molecule has 3 rings (SSSR count). The van der Waals surface area contributed by atoms with Crippen LogP contribution < -0.4 is 15.4 Å². The number of carbonyl (C=O) groups excluding carboxylic acids is 2. The normalized spacial score (nSPS) is 13.7. The Morgan fingerprint density at radius 1 is 1.03 bits per heavy atom. The van der Waals surface area contributed by atoms with Crippen LogP contribution in [0.4, 0.5) is 5.69 Å². The van der Waals surface area contributed by atoms with Crippen molar-refractivity contribution in [1.82, 2.24) is 10.2 Å². The number of thiocarbonyl (C=S) groups is 1. The molecule has 2 N–H and O–H groups in total. The largest absolute Gasteiger partial charge is 0.490 e. The molecule has 0 aliphatic carbocycles. The number of nitrogens with one attached hydrogen (secondary N) is 2. The topological polar surface area (TPSA) is 79.9 Å². The zero-order valence-electron chi connectivity index (χ0n) is 18.6. The monoisotopic (exact) mass is 533 g/mol. The predicted octanol–water partition coefficient (Wildman–Crippen LogP) is 4.62. The summed E-state index contributed by atoms with van der Waals surface area (Å²) in [5.74, 6) is -0.0280. The molecular formula is C24H28BrN3O4S. The number of amides is 2. The van der Waals surface area contributed by atoms with E-state index in [0.717, 1.165) is 43.2 Å². The van der Waals surface area contributed by atoms with Crippen molar-refractivity contribution < 1.29 is 19.1 Å². The summed E-state index contributed by atoms with van der Waals surface area (Å²) in [5, 5.41) is 5.79. The van der Waals surface area contributed by atoms with Gasteiger partial charge in [-0.1, -0.05) is 40.9 Å². The highest BCUT2D eigenvalue weighted by Crippen LogP contribution is 2.24. The molecule has 2 amide bonds. The lowest BCUT2D eigenvalue weighted by molar-refractivity contribution is 0.0762. The molecule has 0 unspecified atom stereocenters. The number of rotatable bonds is 7. The second-order valence-electron chi connectivity index (χ2n) is 7.64. The number of likely N-dealkylation sites (tertiary alicyclic amines) is 1. The number of hydrogen-bond acceptors (Lipinski definition) is 5. The maximum absolute atomic E-state index is 13.1. The number of methoxy groups -OCH3 is 1. The minimum absolute atomic E-state index is 0.0325. The number of halogens is 1. The number of ether oxygens (including phenoxy) is 2. The Kier molecular flexibility index (Phi) is 9.65. The van der Waals surface area contributed by atoms with E-state index in [1.54, 1.807) is 37.4 Å². The zero-order chi connectivity index (χ0) is 23.6. The molecular weight excluding hydrogens is 506 g/mol. The van der Waals surface area contributed by atoms with E-state index in [2.05, 4.69) is 26.6 Å². The van der Waals surface area contributed by atoms with Gasteiger partial charge in [0, 0.05) is 24.7 Å². The van der Waals surface area contributed by atoms with E-state index in [0.29, 0.717) is 35.8 Å². The lowest BCUT2D eigenvalue weighted by atomic mass is 10.1. The minimum atomic E-state index is -0.419. The lowest BCUT2D eigenvalue weighted by Gasteiger charge is -2.22. The summed E-state index contributed by atoms with van der Waals surface area (Å²) in [4.78, 5) is 27.9. The zero-order valence-corrected chi connectivity index (χ0v) is 21.0. The summed E-state index contributed by atoms with van der Waals surface area (Å²) in [5.41, 5.74) is 1.42. The predicted molar refractivity (Wildman–Crippen MR) is 136 cm³/mol. The van der Waals surface area contributed by atoms with Crippen LogP contribution in [0.5, 0.6) is 5.75 Å². The number of carbonyl (C=O) groups is 2. The summed E-state index contributed by atoms with van der Waals surface area (Å²) in [6, 6.07) is 12.4. The van der Waals surface area contributed by atoms with Crippen molar-refractivity contribution in [2.75, 3.05) is 38.7 Å². The summed E-state index contributed by atoms with van der Waals surface area (Å²) in [6.07, 6.45) is 4.31. The number of anilines is 1. The Hall–Kier alpha value is -2.49. The molecule has 1 saturated heterocycles. The first-order chi connectivity index (χ1) is 16.0. The average Bonchev–Trinajstić information content (AvgIpc) is 3.09. The van der Waals surface area contributed by atoms with Crippen molar-refractivity contribution in [3.63, 3.8) is 0 Å². The molecule has 2 aromatic rings. The van der Waals surface area contributed by atoms with Crippen molar-refractivity contribution in [3.05, 3.63) is 58.1 Å². The quantitative estimate of drug-likeness (QED) is 0.399. The summed E-state index contributed by atoms with van der Waals surface area (Å²) in [7, 11) is 1.58. The second kappa shape index (κ2) is 12.7. The Labute approximate surface area is 207 Å². The van der Waals surface area contributed by atoms with Crippen LogP contribution >= 0.6 is 28.1 Å². The van der Waals surface area contributed by atoms with Gasteiger partial charge in [0.05, 0.1) is 23.4 Å². The molecule has 0 aromatic heterocycles. The van der Waals surface area contributed by atoms with Gasteiger partial charge in [-0.2, -0.15) is 0 Å². The van der Waals surface area contributed by atoms with Crippen LogP contribution in [0.25, 0.3) is 0 Å².